The maximum absolute atomic E-state index is 4.55. The summed E-state index contributed by atoms with van der Waals surface area (Å²) < 4.78 is 3.69. The van der Waals surface area contributed by atoms with E-state index < -0.39 is 0 Å². The summed E-state index contributed by atoms with van der Waals surface area (Å²) in [7, 11) is 1.92. The molecule has 0 bridgehead atoms. The topological polar surface area (TPSA) is 47.7 Å². The summed E-state index contributed by atoms with van der Waals surface area (Å²) in [4.78, 5) is 0. The van der Waals surface area contributed by atoms with Gasteiger partial charge in [-0.25, -0.2) is 4.68 Å². The predicted molar refractivity (Wildman–Crippen MR) is 77.3 cm³/mol. The van der Waals surface area contributed by atoms with Crippen LogP contribution in [-0.2, 0) is 20.1 Å². The standard InChI is InChI=1S/C15H17N5/c1-19-9-7-13(17-19)11-16-12-14-8-10-20(18-14)15-5-3-2-4-6-15/h2-10,16H,11-12H2,1H3. The zero-order valence-corrected chi connectivity index (χ0v) is 11.4. The molecule has 3 rings (SSSR count). The van der Waals surface area contributed by atoms with Crippen molar-refractivity contribution in [3.63, 3.8) is 0 Å². The van der Waals surface area contributed by atoms with E-state index in [0.29, 0.717) is 0 Å². The van der Waals surface area contributed by atoms with E-state index in [1.807, 2.05) is 66.6 Å². The molecule has 0 aliphatic carbocycles. The van der Waals surface area contributed by atoms with Crippen LogP contribution in [0.2, 0.25) is 0 Å². The van der Waals surface area contributed by atoms with Crippen LogP contribution in [0.3, 0.4) is 0 Å². The van der Waals surface area contributed by atoms with Gasteiger partial charge < -0.3 is 5.32 Å². The lowest BCUT2D eigenvalue weighted by atomic mass is 10.3. The molecule has 102 valence electrons. The fourth-order valence-corrected chi connectivity index (χ4v) is 2.06. The second kappa shape index (κ2) is 5.71. The van der Waals surface area contributed by atoms with Gasteiger partial charge in [-0.2, -0.15) is 10.2 Å². The lowest BCUT2D eigenvalue weighted by Crippen LogP contribution is -2.14. The monoisotopic (exact) mass is 267 g/mol. The second-order valence-electron chi connectivity index (χ2n) is 4.67. The molecule has 0 spiro atoms. The molecule has 0 unspecified atom stereocenters. The molecular weight excluding hydrogens is 250 g/mol. The first-order chi connectivity index (χ1) is 9.81. The average Bonchev–Trinajstić information content (AvgIpc) is 3.09. The van der Waals surface area contributed by atoms with E-state index in [2.05, 4.69) is 15.5 Å². The fourth-order valence-electron chi connectivity index (χ4n) is 2.06. The largest absolute Gasteiger partial charge is 0.305 e. The molecule has 5 heteroatoms. The van der Waals surface area contributed by atoms with Crippen LogP contribution >= 0.6 is 0 Å². The van der Waals surface area contributed by atoms with Crippen molar-refractivity contribution in [3.05, 3.63) is 66.2 Å². The molecule has 20 heavy (non-hydrogen) atoms. The van der Waals surface area contributed by atoms with Crippen molar-refractivity contribution in [2.24, 2.45) is 7.05 Å². The van der Waals surface area contributed by atoms with Crippen molar-refractivity contribution >= 4 is 0 Å². The first-order valence-corrected chi connectivity index (χ1v) is 6.60. The molecular formula is C15H17N5. The van der Waals surface area contributed by atoms with Gasteiger partial charge in [-0.15, -0.1) is 0 Å². The number of hydrogen-bond donors (Lipinski definition) is 1. The molecule has 0 atom stereocenters. The Kier molecular flexibility index (Phi) is 3.60. The van der Waals surface area contributed by atoms with E-state index in [0.717, 1.165) is 30.2 Å². The Labute approximate surface area is 117 Å². The van der Waals surface area contributed by atoms with Crippen LogP contribution in [0.25, 0.3) is 5.69 Å². The number of hydrogen-bond acceptors (Lipinski definition) is 3. The smallest absolute Gasteiger partial charge is 0.0767 e. The van der Waals surface area contributed by atoms with Gasteiger partial charge in [0.25, 0.3) is 0 Å². The summed E-state index contributed by atoms with van der Waals surface area (Å²) in [6.07, 6.45) is 3.92. The van der Waals surface area contributed by atoms with E-state index in [4.69, 9.17) is 0 Å². The summed E-state index contributed by atoms with van der Waals surface area (Å²) in [5, 5.41) is 12.2. The first-order valence-electron chi connectivity index (χ1n) is 6.60. The maximum atomic E-state index is 4.55. The van der Waals surface area contributed by atoms with E-state index in [9.17, 15) is 0 Å². The van der Waals surface area contributed by atoms with Gasteiger partial charge in [-0.1, -0.05) is 18.2 Å². The fraction of sp³-hybridized carbons (Fsp3) is 0.200. The number of aromatic nitrogens is 4. The summed E-state index contributed by atoms with van der Waals surface area (Å²) in [6.45, 7) is 1.48. The van der Waals surface area contributed by atoms with Crippen LogP contribution in [0.15, 0.2) is 54.9 Å². The van der Waals surface area contributed by atoms with Gasteiger partial charge in [0.1, 0.15) is 0 Å². The molecule has 0 saturated carbocycles. The van der Waals surface area contributed by atoms with Gasteiger partial charge in [0.05, 0.1) is 17.1 Å². The van der Waals surface area contributed by atoms with Crippen molar-refractivity contribution in [2.75, 3.05) is 0 Å². The minimum Gasteiger partial charge on any atom is -0.305 e. The third-order valence-electron chi connectivity index (χ3n) is 3.05. The van der Waals surface area contributed by atoms with E-state index >= 15 is 0 Å². The predicted octanol–water partition coefficient (Wildman–Crippen LogP) is 1.90. The molecule has 5 nitrogen and oxygen atoms in total. The van der Waals surface area contributed by atoms with Crippen molar-refractivity contribution in [3.8, 4) is 5.69 Å². The van der Waals surface area contributed by atoms with Crippen LogP contribution in [0.1, 0.15) is 11.4 Å². The minimum atomic E-state index is 0.733. The van der Waals surface area contributed by atoms with Crippen LogP contribution < -0.4 is 5.32 Å². The van der Waals surface area contributed by atoms with Crippen LogP contribution in [0.5, 0.6) is 0 Å². The Morgan fingerprint density at radius 2 is 1.60 bits per heavy atom. The molecule has 0 radical (unpaired) electrons. The molecule has 1 N–H and O–H groups in total. The number of aryl methyl sites for hydroxylation is 1. The van der Waals surface area contributed by atoms with E-state index in [-0.39, 0.29) is 0 Å². The minimum absolute atomic E-state index is 0.733. The number of benzene rings is 1. The lowest BCUT2D eigenvalue weighted by Gasteiger charge is -2.01. The molecule has 0 aliphatic rings. The Balaban J connectivity index is 1.58. The Hall–Kier alpha value is -2.40. The Morgan fingerprint density at radius 3 is 2.30 bits per heavy atom. The third kappa shape index (κ3) is 2.95. The number of nitrogens with zero attached hydrogens (tertiary/aromatic N) is 4. The molecule has 1 aromatic carbocycles. The van der Waals surface area contributed by atoms with Crippen molar-refractivity contribution in [1.29, 1.82) is 0 Å². The van der Waals surface area contributed by atoms with Crippen LogP contribution in [0.4, 0.5) is 0 Å². The highest BCUT2D eigenvalue weighted by molar-refractivity contribution is 5.30. The normalized spacial score (nSPS) is 10.8. The summed E-state index contributed by atoms with van der Waals surface area (Å²) in [5.74, 6) is 0. The SMILES string of the molecule is Cn1ccc(CNCc2ccn(-c3ccccc3)n2)n1. The number of nitrogens with one attached hydrogen (secondary N) is 1. The van der Waals surface area contributed by atoms with Gasteiger partial charge >= 0.3 is 0 Å². The molecule has 0 amide bonds. The van der Waals surface area contributed by atoms with Crippen molar-refractivity contribution < 1.29 is 0 Å². The quantitative estimate of drug-likeness (QED) is 0.768. The molecule has 0 fully saturated rings. The third-order valence-corrected chi connectivity index (χ3v) is 3.05. The van der Waals surface area contributed by atoms with E-state index in [1.165, 1.54) is 0 Å². The zero-order valence-electron chi connectivity index (χ0n) is 11.4. The van der Waals surface area contributed by atoms with Gasteiger partial charge in [0.2, 0.25) is 0 Å². The highest BCUT2D eigenvalue weighted by Gasteiger charge is 2.01. The molecule has 0 saturated heterocycles. The highest BCUT2D eigenvalue weighted by atomic mass is 15.3. The highest BCUT2D eigenvalue weighted by Crippen LogP contribution is 2.06. The Bertz CT molecular complexity index is 668. The molecule has 2 aromatic heterocycles. The average molecular weight is 267 g/mol. The number of rotatable bonds is 5. The zero-order chi connectivity index (χ0) is 13.8. The maximum Gasteiger partial charge on any atom is 0.0767 e. The Morgan fingerprint density at radius 1 is 0.900 bits per heavy atom. The summed E-state index contributed by atoms with van der Waals surface area (Å²) >= 11 is 0. The summed E-state index contributed by atoms with van der Waals surface area (Å²) in [6, 6.07) is 14.1. The molecule has 2 heterocycles. The van der Waals surface area contributed by atoms with E-state index in [1.54, 1.807) is 4.68 Å². The van der Waals surface area contributed by atoms with Crippen molar-refractivity contribution in [2.45, 2.75) is 13.1 Å². The van der Waals surface area contributed by atoms with Crippen LogP contribution in [0, 0.1) is 0 Å². The van der Waals surface area contributed by atoms with Gasteiger partial charge in [-0.05, 0) is 24.3 Å². The summed E-state index contributed by atoms with van der Waals surface area (Å²) in [5.41, 5.74) is 3.13. The van der Waals surface area contributed by atoms with Gasteiger partial charge in [0.15, 0.2) is 0 Å². The second-order valence-corrected chi connectivity index (χ2v) is 4.67. The molecule has 0 aliphatic heterocycles. The van der Waals surface area contributed by atoms with Crippen LogP contribution in [-0.4, -0.2) is 19.6 Å². The first kappa shape index (κ1) is 12.6. The molecule has 3 aromatic rings. The van der Waals surface area contributed by atoms with Gasteiger partial charge in [0, 0.05) is 32.5 Å². The lowest BCUT2D eigenvalue weighted by molar-refractivity contribution is 0.642. The van der Waals surface area contributed by atoms with Gasteiger partial charge in [-0.3, -0.25) is 4.68 Å². The van der Waals surface area contributed by atoms with Crippen molar-refractivity contribution in [1.82, 2.24) is 24.9 Å². The number of para-hydroxylation sites is 1.